The molecule has 0 saturated carbocycles. The molecule has 1 atom stereocenters. The van der Waals surface area contributed by atoms with Crippen molar-refractivity contribution in [2.45, 2.75) is 33.2 Å². The Labute approximate surface area is 78.8 Å². The van der Waals surface area contributed by atoms with Gasteiger partial charge in [-0.1, -0.05) is 20.8 Å². The molecule has 0 bridgehead atoms. The number of carbonyl (C=O) groups excluding carboxylic acids is 1. The molecule has 13 heavy (non-hydrogen) atoms. The van der Waals surface area contributed by atoms with Crippen LogP contribution in [0, 0.1) is 5.92 Å². The molecule has 0 aromatic rings. The fourth-order valence-corrected chi connectivity index (χ4v) is 1.57. The predicted octanol–water partition coefficient (Wildman–Crippen LogP) is 1.21. The highest BCUT2D eigenvalue weighted by Crippen LogP contribution is 2.15. The van der Waals surface area contributed by atoms with E-state index >= 15 is 0 Å². The summed E-state index contributed by atoms with van der Waals surface area (Å²) in [6, 6.07) is -0.159. The minimum atomic E-state index is -0.182. The molecule has 0 aliphatic carbocycles. The fraction of sp³-hybridized carbons (Fsp3) is 0.778. The maximum Gasteiger partial charge on any atom is 0.345 e. The quantitative estimate of drug-likeness (QED) is 0.715. The molecule has 1 aliphatic heterocycles. The summed E-state index contributed by atoms with van der Waals surface area (Å²) in [6.45, 7) is 6.91. The lowest BCUT2D eigenvalue weighted by molar-refractivity contribution is 0.197. The molecule has 0 aromatic heterocycles. The van der Waals surface area contributed by atoms with Crippen LogP contribution in [0.2, 0.25) is 0 Å². The van der Waals surface area contributed by atoms with Crippen molar-refractivity contribution in [2.75, 3.05) is 6.54 Å². The van der Waals surface area contributed by atoms with Crippen molar-refractivity contribution in [3.05, 3.63) is 0 Å². The van der Waals surface area contributed by atoms with Crippen molar-refractivity contribution < 1.29 is 4.79 Å². The Kier molecular flexibility index (Phi) is 2.90. The van der Waals surface area contributed by atoms with Gasteiger partial charge in [0.25, 0.3) is 0 Å². The molecular formula is C9H17N3O. The van der Waals surface area contributed by atoms with Gasteiger partial charge in [0.2, 0.25) is 0 Å². The zero-order chi connectivity index (χ0) is 10.0. The number of amidine groups is 1. The van der Waals surface area contributed by atoms with E-state index < -0.39 is 0 Å². The zero-order valence-corrected chi connectivity index (χ0v) is 8.45. The molecular weight excluding hydrogens is 166 g/mol. The molecule has 1 heterocycles. The average molecular weight is 183 g/mol. The molecule has 4 heteroatoms. The van der Waals surface area contributed by atoms with Crippen LogP contribution in [0.5, 0.6) is 0 Å². The number of carbonyl (C=O) groups is 1. The van der Waals surface area contributed by atoms with Gasteiger partial charge in [0.05, 0.1) is 6.04 Å². The van der Waals surface area contributed by atoms with Crippen molar-refractivity contribution in [1.29, 1.82) is 0 Å². The number of hydrogen-bond donors (Lipinski definition) is 1. The van der Waals surface area contributed by atoms with Crippen LogP contribution in [0.25, 0.3) is 0 Å². The molecule has 1 unspecified atom stereocenters. The van der Waals surface area contributed by atoms with E-state index in [2.05, 4.69) is 18.8 Å². The Morgan fingerprint density at radius 3 is 2.69 bits per heavy atom. The number of amides is 2. The van der Waals surface area contributed by atoms with Crippen LogP contribution in [0.4, 0.5) is 4.79 Å². The predicted molar refractivity (Wildman–Crippen MR) is 52.6 cm³/mol. The smallest absolute Gasteiger partial charge is 0.345 e. The molecule has 4 nitrogen and oxygen atoms in total. The standard InChI is InChI=1S/C9H17N3O/c1-4-7-8(10)11-9(13)12(7)5-6(2)3/h6-7H,4-5H2,1-3H3,(H2,10,11,13). The monoisotopic (exact) mass is 183 g/mol. The van der Waals surface area contributed by atoms with Crippen molar-refractivity contribution in [3.8, 4) is 0 Å². The topological polar surface area (TPSA) is 58.7 Å². The highest BCUT2D eigenvalue weighted by atomic mass is 16.2. The Hall–Kier alpha value is -1.06. The molecule has 2 N–H and O–H groups in total. The van der Waals surface area contributed by atoms with Gasteiger partial charge < -0.3 is 10.6 Å². The number of hydrogen-bond acceptors (Lipinski definition) is 2. The number of aliphatic imine (C=N–C) groups is 1. The first-order chi connectivity index (χ1) is 6.06. The van der Waals surface area contributed by atoms with E-state index in [4.69, 9.17) is 5.73 Å². The third kappa shape index (κ3) is 1.99. The van der Waals surface area contributed by atoms with Gasteiger partial charge in [0, 0.05) is 6.54 Å². The summed E-state index contributed by atoms with van der Waals surface area (Å²) in [6.07, 6.45) is 0.841. The van der Waals surface area contributed by atoms with E-state index in [1.54, 1.807) is 4.90 Å². The van der Waals surface area contributed by atoms with Gasteiger partial charge in [-0.05, 0) is 12.3 Å². The van der Waals surface area contributed by atoms with Crippen LogP contribution >= 0.6 is 0 Å². The van der Waals surface area contributed by atoms with Crippen molar-refractivity contribution in [2.24, 2.45) is 16.6 Å². The summed E-state index contributed by atoms with van der Waals surface area (Å²) in [4.78, 5) is 16.9. The second-order valence-electron chi connectivity index (χ2n) is 3.79. The van der Waals surface area contributed by atoms with Crippen LogP contribution in [0.15, 0.2) is 4.99 Å². The lowest BCUT2D eigenvalue weighted by Gasteiger charge is -2.24. The first-order valence-electron chi connectivity index (χ1n) is 4.71. The SMILES string of the molecule is CCC1C(N)=NC(=O)N1CC(C)C. The summed E-state index contributed by atoms with van der Waals surface area (Å²) in [7, 11) is 0. The largest absolute Gasteiger partial charge is 0.385 e. The molecule has 1 aliphatic rings. The number of nitrogens with zero attached hydrogens (tertiary/aromatic N) is 2. The van der Waals surface area contributed by atoms with Gasteiger partial charge in [0.1, 0.15) is 5.84 Å². The summed E-state index contributed by atoms with van der Waals surface area (Å²) >= 11 is 0. The van der Waals surface area contributed by atoms with E-state index in [1.165, 1.54) is 0 Å². The first-order valence-corrected chi connectivity index (χ1v) is 4.71. The molecule has 1 rings (SSSR count). The molecule has 74 valence electrons. The minimum Gasteiger partial charge on any atom is -0.385 e. The maximum absolute atomic E-state index is 11.3. The number of rotatable bonds is 3. The van der Waals surface area contributed by atoms with Crippen LogP contribution in [-0.2, 0) is 0 Å². The molecule has 2 amide bonds. The summed E-state index contributed by atoms with van der Waals surface area (Å²) in [5.74, 6) is 0.923. The highest BCUT2D eigenvalue weighted by molar-refractivity contribution is 6.02. The molecule has 0 spiro atoms. The van der Waals surface area contributed by atoms with E-state index in [0.29, 0.717) is 11.8 Å². The zero-order valence-electron chi connectivity index (χ0n) is 8.45. The molecule has 0 fully saturated rings. The maximum atomic E-state index is 11.3. The summed E-state index contributed by atoms with van der Waals surface area (Å²) < 4.78 is 0. The molecule has 0 aromatic carbocycles. The van der Waals surface area contributed by atoms with Crippen LogP contribution in [-0.4, -0.2) is 29.4 Å². The van der Waals surface area contributed by atoms with Gasteiger partial charge >= 0.3 is 6.03 Å². The Bertz CT molecular complexity index is 235. The van der Waals surface area contributed by atoms with Gasteiger partial charge in [-0.15, -0.1) is 0 Å². The van der Waals surface area contributed by atoms with Gasteiger partial charge in [0.15, 0.2) is 0 Å². The normalized spacial score (nSPS) is 22.8. The summed E-state index contributed by atoms with van der Waals surface area (Å²) in [5.41, 5.74) is 5.63. The third-order valence-electron chi connectivity index (χ3n) is 2.14. The van der Waals surface area contributed by atoms with Crippen LogP contribution in [0.1, 0.15) is 27.2 Å². The van der Waals surface area contributed by atoms with E-state index in [0.717, 1.165) is 13.0 Å². The van der Waals surface area contributed by atoms with Gasteiger partial charge in [-0.25, -0.2) is 4.79 Å². The lowest BCUT2D eigenvalue weighted by atomic mass is 10.1. The average Bonchev–Trinajstić information content (AvgIpc) is 2.26. The van der Waals surface area contributed by atoms with E-state index in [-0.39, 0.29) is 12.1 Å². The minimum absolute atomic E-state index is 0.0231. The van der Waals surface area contributed by atoms with Gasteiger partial charge in [-0.2, -0.15) is 4.99 Å². The van der Waals surface area contributed by atoms with Crippen LogP contribution < -0.4 is 5.73 Å². The lowest BCUT2D eigenvalue weighted by Crippen LogP contribution is -2.41. The van der Waals surface area contributed by atoms with Gasteiger partial charge in [-0.3, -0.25) is 0 Å². The Morgan fingerprint density at radius 1 is 1.62 bits per heavy atom. The van der Waals surface area contributed by atoms with Crippen molar-refractivity contribution in [1.82, 2.24) is 4.90 Å². The Morgan fingerprint density at radius 2 is 2.23 bits per heavy atom. The summed E-state index contributed by atoms with van der Waals surface area (Å²) in [5, 5.41) is 0. The van der Waals surface area contributed by atoms with Crippen molar-refractivity contribution >= 4 is 11.9 Å². The van der Waals surface area contributed by atoms with Crippen molar-refractivity contribution in [3.63, 3.8) is 0 Å². The second-order valence-corrected chi connectivity index (χ2v) is 3.79. The first kappa shape index (κ1) is 10.0. The fourth-order valence-electron chi connectivity index (χ4n) is 1.57. The molecule has 0 radical (unpaired) electrons. The second kappa shape index (κ2) is 3.77. The van der Waals surface area contributed by atoms with Crippen LogP contribution in [0.3, 0.4) is 0 Å². The Balaban J connectivity index is 2.69. The number of urea groups is 1. The highest BCUT2D eigenvalue weighted by Gasteiger charge is 2.31. The molecule has 0 saturated heterocycles. The van der Waals surface area contributed by atoms with E-state index in [1.807, 2.05) is 6.92 Å². The van der Waals surface area contributed by atoms with E-state index in [9.17, 15) is 4.79 Å². The third-order valence-corrected chi connectivity index (χ3v) is 2.14. The number of nitrogens with two attached hydrogens (primary N) is 1.